The molecule has 8 nitrogen and oxygen atoms in total. The van der Waals surface area contributed by atoms with E-state index in [4.69, 9.17) is 8.83 Å². The largest absolute Gasteiger partial charge is 0.459 e. The monoisotopic (exact) mass is 497 g/mol. The fourth-order valence-corrected chi connectivity index (χ4v) is 5.48. The van der Waals surface area contributed by atoms with E-state index in [9.17, 15) is 14.4 Å². The molecule has 1 atom stereocenters. The van der Waals surface area contributed by atoms with E-state index in [1.54, 1.807) is 41.3 Å². The van der Waals surface area contributed by atoms with Crippen molar-refractivity contribution in [3.63, 3.8) is 0 Å². The number of benzene rings is 2. The number of carbonyl (C=O) groups is 3. The van der Waals surface area contributed by atoms with Crippen LogP contribution in [-0.2, 0) is 9.59 Å². The van der Waals surface area contributed by atoms with Gasteiger partial charge in [0.25, 0.3) is 11.8 Å². The van der Waals surface area contributed by atoms with Crippen LogP contribution in [0.3, 0.4) is 0 Å². The molecule has 0 radical (unpaired) electrons. The van der Waals surface area contributed by atoms with Crippen LogP contribution >= 0.6 is 0 Å². The molecule has 1 aliphatic heterocycles. The van der Waals surface area contributed by atoms with Gasteiger partial charge < -0.3 is 13.7 Å². The summed E-state index contributed by atoms with van der Waals surface area (Å²) in [5.74, 6) is -0.394. The summed E-state index contributed by atoms with van der Waals surface area (Å²) in [6.07, 6.45) is 7.21. The molecule has 1 unspecified atom stereocenters. The summed E-state index contributed by atoms with van der Waals surface area (Å²) in [5, 5.41) is 0. The Morgan fingerprint density at radius 1 is 0.919 bits per heavy atom. The van der Waals surface area contributed by atoms with E-state index in [2.05, 4.69) is 4.98 Å². The first kappa shape index (κ1) is 23.2. The maximum atomic E-state index is 13.7. The first-order chi connectivity index (χ1) is 18.1. The van der Waals surface area contributed by atoms with Gasteiger partial charge in [-0.1, -0.05) is 37.8 Å². The van der Waals surface area contributed by atoms with Gasteiger partial charge in [0, 0.05) is 11.6 Å². The standard InChI is InChI=1S/C29H27N3O5/c33-26-18-23(31(20-8-3-1-2-4-9-20)29(35)25-12-7-17-36-25)28(34)32(26)21-15-13-19(14-16-21)27-30-22-10-5-6-11-24(22)37-27/h5-7,10-17,20,23H,1-4,8-9,18H2. The van der Waals surface area contributed by atoms with Crippen LogP contribution < -0.4 is 4.90 Å². The second kappa shape index (κ2) is 9.69. The van der Waals surface area contributed by atoms with E-state index in [0.29, 0.717) is 17.2 Å². The Labute approximate surface area is 213 Å². The maximum absolute atomic E-state index is 13.7. The molecule has 1 aliphatic carbocycles. The highest BCUT2D eigenvalue weighted by molar-refractivity contribution is 6.23. The van der Waals surface area contributed by atoms with Gasteiger partial charge in [0.15, 0.2) is 11.3 Å². The van der Waals surface area contributed by atoms with Crippen LogP contribution in [0.2, 0.25) is 0 Å². The number of hydrogen-bond donors (Lipinski definition) is 0. The van der Waals surface area contributed by atoms with Crippen molar-refractivity contribution in [3.8, 4) is 11.5 Å². The van der Waals surface area contributed by atoms with Crippen LogP contribution in [-0.4, -0.2) is 39.7 Å². The number of rotatable bonds is 5. The minimum Gasteiger partial charge on any atom is -0.459 e. The summed E-state index contributed by atoms with van der Waals surface area (Å²) in [6, 6.07) is 16.8. The number of furan rings is 1. The molecule has 2 aromatic heterocycles. The van der Waals surface area contributed by atoms with Crippen LogP contribution in [0.15, 0.2) is 75.8 Å². The molecule has 8 heteroatoms. The number of carbonyl (C=O) groups excluding carboxylic acids is 3. The molecule has 37 heavy (non-hydrogen) atoms. The first-order valence-electron chi connectivity index (χ1n) is 12.8. The molecule has 2 fully saturated rings. The van der Waals surface area contributed by atoms with Crippen molar-refractivity contribution < 1.29 is 23.2 Å². The Kier molecular flexibility index (Phi) is 6.08. The third kappa shape index (κ3) is 4.33. The molecule has 2 aromatic carbocycles. The van der Waals surface area contributed by atoms with E-state index in [0.717, 1.165) is 49.6 Å². The zero-order chi connectivity index (χ0) is 25.4. The molecule has 3 heterocycles. The lowest BCUT2D eigenvalue weighted by molar-refractivity contribution is -0.123. The summed E-state index contributed by atoms with van der Waals surface area (Å²) in [6.45, 7) is 0. The second-order valence-corrected chi connectivity index (χ2v) is 9.66. The Balaban J connectivity index is 1.28. The fourth-order valence-electron chi connectivity index (χ4n) is 5.48. The quantitative estimate of drug-likeness (QED) is 0.264. The van der Waals surface area contributed by atoms with Gasteiger partial charge in [0.05, 0.1) is 18.4 Å². The highest BCUT2D eigenvalue weighted by Crippen LogP contribution is 2.33. The van der Waals surface area contributed by atoms with Gasteiger partial charge >= 0.3 is 0 Å². The van der Waals surface area contributed by atoms with E-state index in [1.165, 1.54) is 11.2 Å². The lowest BCUT2D eigenvalue weighted by Crippen LogP contribution is -2.50. The van der Waals surface area contributed by atoms with E-state index in [1.807, 2.05) is 24.3 Å². The Bertz CT molecular complexity index is 1400. The average molecular weight is 498 g/mol. The fraction of sp³-hybridized carbons (Fsp3) is 0.310. The van der Waals surface area contributed by atoms with Gasteiger partial charge in [-0.15, -0.1) is 0 Å². The number of oxazole rings is 1. The molecule has 4 aromatic rings. The van der Waals surface area contributed by atoms with Gasteiger partial charge in [-0.05, 0) is 61.4 Å². The molecule has 2 aliphatic rings. The number of para-hydroxylation sites is 2. The van der Waals surface area contributed by atoms with Crippen molar-refractivity contribution in [1.82, 2.24) is 9.88 Å². The van der Waals surface area contributed by atoms with Crippen molar-refractivity contribution in [2.45, 2.75) is 57.0 Å². The third-order valence-corrected chi connectivity index (χ3v) is 7.31. The molecule has 6 rings (SSSR count). The topological polar surface area (TPSA) is 96.9 Å². The van der Waals surface area contributed by atoms with Crippen molar-refractivity contribution in [3.05, 3.63) is 72.7 Å². The molecule has 1 saturated carbocycles. The van der Waals surface area contributed by atoms with Crippen LogP contribution in [0.4, 0.5) is 5.69 Å². The van der Waals surface area contributed by atoms with E-state index < -0.39 is 6.04 Å². The number of hydrogen-bond acceptors (Lipinski definition) is 6. The van der Waals surface area contributed by atoms with Crippen LogP contribution in [0.25, 0.3) is 22.6 Å². The number of anilines is 1. The minimum atomic E-state index is -0.857. The Hall–Kier alpha value is -4.20. The van der Waals surface area contributed by atoms with Crippen molar-refractivity contribution in [1.29, 1.82) is 0 Å². The highest BCUT2D eigenvalue weighted by atomic mass is 16.3. The highest BCUT2D eigenvalue weighted by Gasteiger charge is 2.47. The first-order valence-corrected chi connectivity index (χ1v) is 12.8. The lowest BCUT2D eigenvalue weighted by Gasteiger charge is -2.34. The third-order valence-electron chi connectivity index (χ3n) is 7.31. The summed E-state index contributed by atoms with van der Waals surface area (Å²) in [4.78, 5) is 47.7. The van der Waals surface area contributed by atoms with Crippen LogP contribution in [0, 0.1) is 0 Å². The smallest absolute Gasteiger partial charge is 0.290 e. The van der Waals surface area contributed by atoms with Gasteiger partial charge in [-0.3, -0.25) is 14.4 Å². The molecule has 0 N–H and O–H groups in total. The zero-order valence-corrected chi connectivity index (χ0v) is 20.3. The van der Waals surface area contributed by atoms with Gasteiger partial charge in [0.2, 0.25) is 11.8 Å². The normalized spacial score (nSPS) is 18.9. The predicted molar refractivity (Wildman–Crippen MR) is 137 cm³/mol. The van der Waals surface area contributed by atoms with E-state index >= 15 is 0 Å². The summed E-state index contributed by atoms with van der Waals surface area (Å²) in [7, 11) is 0. The molecule has 0 spiro atoms. The van der Waals surface area contributed by atoms with Crippen LogP contribution in [0.1, 0.15) is 55.5 Å². The zero-order valence-electron chi connectivity index (χ0n) is 20.3. The molecule has 1 saturated heterocycles. The second-order valence-electron chi connectivity index (χ2n) is 9.66. The average Bonchev–Trinajstić information content (AvgIpc) is 3.61. The van der Waals surface area contributed by atoms with Crippen molar-refractivity contribution in [2.75, 3.05) is 4.90 Å². The van der Waals surface area contributed by atoms with Gasteiger partial charge in [-0.25, -0.2) is 9.88 Å². The number of amides is 3. The molecular formula is C29H27N3O5. The Morgan fingerprint density at radius 3 is 2.38 bits per heavy atom. The number of nitrogens with zero attached hydrogens (tertiary/aromatic N) is 3. The summed E-state index contributed by atoms with van der Waals surface area (Å²) >= 11 is 0. The minimum absolute atomic E-state index is 0.0470. The Morgan fingerprint density at radius 2 is 1.68 bits per heavy atom. The number of aromatic nitrogens is 1. The molecule has 0 bridgehead atoms. The lowest BCUT2D eigenvalue weighted by atomic mass is 10.0. The van der Waals surface area contributed by atoms with Gasteiger partial charge in [-0.2, -0.15) is 0 Å². The molecule has 3 amide bonds. The molecular weight excluding hydrogens is 470 g/mol. The van der Waals surface area contributed by atoms with Crippen molar-refractivity contribution in [2.24, 2.45) is 0 Å². The van der Waals surface area contributed by atoms with Crippen LogP contribution in [0.5, 0.6) is 0 Å². The van der Waals surface area contributed by atoms with Crippen molar-refractivity contribution >= 4 is 34.5 Å². The molecule has 188 valence electrons. The number of fused-ring (bicyclic) bond motifs is 1. The maximum Gasteiger partial charge on any atom is 0.290 e. The SMILES string of the molecule is O=C1CC(N(C(=O)c2ccco2)C2CCCCCC2)C(=O)N1c1ccc(-c2nc3ccccc3o2)cc1. The number of imide groups is 1. The summed E-state index contributed by atoms with van der Waals surface area (Å²) < 4.78 is 11.2. The summed E-state index contributed by atoms with van der Waals surface area (Å²) in [5.41, 5.74) is 2.65. The van der Waals surface area contributed by atoms with Gasteiger partial charge in [0.1, 0.15) is 11.6 Å². The van der Waals surface area contributed by atoms with E-state index in [-0.39, 0.29) is 35.9 Å². The predicted octanol–water partition coefficient (Wildman–Crippen LogP) is 5.58.